The van der Waals surface area contributed by atoms with E-state index in [9.17, 15) is 9.18 Å². The Balaban J connectivity index is 0.00000169. The lowest BCUT2D eigenvalue weighted by molar-refractivity contribution is 0.102. The molecule has 0 saturated carbocycles. The molecule has 0 bridgehead atoms. The number of rotatable bonds is 6. The Labute approximate surface area is 167 Å². The largest absolute Gasteiger partial charge is 0.380 e. The highest BCUT2D eigenvalue weighted by molar-refractivity contribution is 7.09. The smallest absolute Gasteiger partial charge is 0.275 e. The number of thiazole rings is 1. The Morgan fingerprint density at radius 3 is 2.85 bits per heavy atom. The first kappa shape index (κ1) is 22.6. The van der Waals surface area contributed by atoms with E-state index in [4.69, 9.17) is 10.5 Å². The van der Waals surface area contributed by atoms with Crippen molar-refractivity contribution in [3.8, 4) is 0 Å². The monoisotopic (exact) mass is 422 g/mol. The molecule has 144 valence electrons. The molecule has 1 saturated heterocycles. The fourth-order valence-corrected chi connectivity index (χ4v) is 3.12. The van der Waals surface area contributed by atoms with Gasteiger partial charge in [0.2, 0.25) is 0 Å². The van der Waals surface area contributed by atoms with Crippen LogP contribution in [0.2, 0.25) is 0 Å². The van der Waals surface area contributed by atoms with Gasteiger partial charge in [0.05, 0.1) is 11.8 Å². The number of nitrogens with one attached hydrogen (secondary N) is 2. The molecule has 0 radical (unpaired) electrons. The van der Waals surface area contributed by atoms with Crippen LogP contribution in [-0.2, 0) is 11.3 Å². The Hall–Kier alpha value is -1.45. The van der Waals surface area contributed by atoms with Crippen LogP contribution in [0.1, 0.15) is 28.3 Å². The van der Waals surface area contributed by atoms with Gasteiger partial charge in [-0.15, -0.1) is 36.2 Å². The van der Waals surface area contributed by atoms with Crippen LogP contribution in [0.25, 0.3) is 0 Å². The summed E-state index contributed by atoms with van der Waals surface area (Å²) in [5.74, 6) is -0.808. The maximum absolute atomic E-state index is 14.2. The quantitative estimate of drug-likeness (QED) is 0.663. The number of anilines is 2. The van der Waals surface area contributed by atoms with E-state index in [2.05, 4.69) is 15.6 Å². The van der Waals surface area contributed by atoms with E-state index >= 15 is 0 Å². The van der Waals surface area contributed by atoms with Crippen LogP contribution >= 0.6 is 36.2 Å². The summed E-state index contributed by atoms with van der Waals surface area (Å²) in [6, 6.07) is 4.53. The number of nitrogens with two attached hydrogens (primary N) is 1. The molecule has 4 N–H and O–H groups in total. The van der Waals surface area contributed by atoms with Crippen LogP contribution < -0.4 is 16.4 Å². The van der Waals surface area contributed by atoms with Gasteiger partial charge in [0.25, 0.3) is 5.91 Å². The number of halogens is 3. The Bertz CT molecular complexity index is 726. The second-order valence-electron chi connectivity index (χ2n) is 5.50. The van der Waals surface area contributed by atoms with Gasteiger partial charge < -0.3 is 21.1 Å². The summed E-state index contributed by atoms with van der Waals surface area (Å²) in [4.78, 5) is 16.2. The van der Waals surface area contributed by atoms with Crippen LogP contribution in [0.3, 0.4) is 0 Å². The third-order valence-corrected chi connectivity index (χ3v) is 4.60. The average molecular weight is 423 g/mol. The molecule has 1 aliphatic rings. The number of aromatic nitrogens is 1. The minimum atomic E-state index is -0.424. The number of hydrogen-bond donors (Lipinski definition) is 3. The van der Waals surface area contributed by atoms with Crippen LogP contribution in [0.15, 0.2) is 23.6 Å². The second-order valence-corrected chi connectivity index (χ2v) is 6.44. The van der Waals surface area contributed by atoms with E-state index in [1.54, 1.807) is 17.5 Å². The molecule has 26 heavy (non-hydrogen) atoms. The molecule has 3 rings (SSSR count). The SMILES string of the molecule is Cl.Cl.NCc1nc(C(=O)Nc2ccc(NCC3CCCO3)c(F)c2)cs1. The normalized spacial score (nSPS) is 15.7. The van der Waals surface area contributed by atoms with E-state index in [0.717, 1.165) is 19.4 Å². The van der Waals surface area contributed by atoms with E-state index < -0.39 is 5.82 Å². The molecule has 6 nitrogen and oxygen atoms in total. The Morgan fingerprint density at radius 2 is 2.23 bits per heavy atom. The van der Waals surface area contributed by atoms with Gasteiger partial charge in [0.1, 0.15) is 16.5 Å². The van der Waals surface area contributed by atoms with Gasteiger partial charge in [-0.05, 0) is 31.0 Å². The molecule has 1 atom stereocenters. The number of carbonyl (C=O) groups is 1. The first-order chi connectivity index (χ1) is 11.7. The van der Waals surface area contributed by atoms with Crippen LogP contribution in [-0.4, -0.2) is 30.1 Å². The van der Waals surface area contributed by atoms with Gasteiger partial charge in [0.15, 0.2) is 0 Å². The third kappa shape index (κ3) is 5.78. The standard InChI is InChI=1S/C16H19FN4O2S.2ClH/c17-12-6-10(20-16(22)14-9-24-15(7-18)21-14)3-4-13(12)19-8-11-2-1-5-23-11;;/h3-4,6,9,11,19H,1-2,5,7-8,18H2,(H,20,22);2*1H. The van der Waals surface area contributed by atoms with Gasteiger partial charge in [0, 0.05) is 30.8 Å². The summed E-state index contributed by atoms with van der Waals surface area (Å²) in [6.07, 6.45) is 2.16. The van der Waals surface area contributed by atoms with Crippen LogP contribution in [0.4, 0.5) is 15.8 Å². The van der Waals surface area contributed by atoms with Gasteiger partial charge in [-0.1, -0.05) is 0 Å². The van der Waals surface area contributed by atoms with Crippen molar-refractivity contribution in [1.29, 1.82) is 0 Å². The maximum atomic E-state index is 14.2. The second kappa shape index (κ2) is 10.6. The molecule has 1 fully saturated rings. The van der Waals surface area contributed by atoms with Gasteiger partial charge in [-0.3, -0.25) is 4.79 Å². The average Bonchev–Trinajstić information content (AvgIpc) is 3.25. The van der Waals surface area contributed by atoms with Crippen LogP contribution in [0, 0.1) is 5.82 Å². The number of benzene rings is 1. The molecule has 1 amide bonds. The highest BCUT2D eigenvalue weighted by Gasteiger charge is 2.16. The fraction of sp³-hybridized carbons (Fsp3) is 0.375. The summed E-state index contributed by atoms with van der Waals surface area (Å²) in [5, 5.41) is 7.98. The molecular weight excluding hydrogens is 402 g/mol. The molecule has 2 aromatic rings. The van der Waals surface area contributed by atoms with Crippen molar-refractivity contribution in [3.63, 3.8) is 0 Å². The lowest BCUT2D eigenvalue weighted by Crippen LogP contribution is -2.19. The lowest BCUT2D eigenvalue weighted by Gasteiger charge is -2.13. The first-order valence-corrected chi connectivity index (χ1v) is 8.64. The molecule has 1 aromatic carbocycles. The van der Waals surface area contributed by atoms with E-state index in [-0.39, 0.29) is 49.1 Å². The van der Waals surface area contributed by atoms with E-state index in [1.165, 1.54) is 17.4 Å². The summed E-state index contributed by atoms with van der Waals surface area (Å²) in [6.45, 7) is 1.63. The predicted molar refractivity (Wildman–Crippen MR) is 106 cm³/mol. The van der Waals surface area contributed by atoms with Crippen molar-refractivity contribution in [2.45, 2.75) is 25.5 Å². The maximum Gasteiger partial charge on any atom is 0.275 e. The molecule has 1 aliphatic heterocycles. The summed E-state index contributed by atoms with van der Waals surface area (Å²) in [7, 11) is 0. The van der Waals surface area contributed by atoms with Gasteiger partial charge in [-0.25, -0.2) is 9.37 Å². The zero-order valence-corrected chi connectivity index (χ0v) is 16.3. The fourth-order valence-electron chi connectivity index (χ4n) is 2.47. The van der Waals surface area contributed by atoms with Crippen molar-refractivity contribution < 1.29 is 13.9 Å². The first-order valence-electron chi connectivity index (χ1n) is 7.76. The Morgan fingerprint density at radius 1 is 1.42 bits per heavy atom. The third-order valence-electron chi connectivity index (χ3n) is 3.73. The van der Waals surface area contributed by atoms with Gasteiger partial charge in [-0.2, -0.15) is 0 Å². The van der Waals surface area contributed by atoms with Crippen molar-refractivity contribution in [3.05, 3.63) is 40.1 Å². The number of amides is 1. The number of ether oxygens (including phenoxy) is 1. The molecule has 10 heteroatoms. The number of carbonyl (C=O) groups excluding carboxylic acids is 1. The molecule has 0 aliphatic carbocycles. The Kier molecular flexibility index (Phi) is 9.24. The van der Waals surface area contributed by atoms with Crippen molar-refractivity contribution >= 4 is 53.4 Å². The summed E-state index contributed by atoms with van der Waals surface area (Å²) < 4.78 is 19.6. The van der Waals surface area contributed by atoms with E-state index in [0.29, 0.717) is 22.9 Å². The minimum Gasteiger partial charge on any atom is -0.380 e. The minimum absolute atomic E-state index is 0. The molecule has 1 aromatic heterocycles. The summed E-state index contributed by atoms with van der Waals surface area (Å²) >= 11 is 1.32. The topological polar surface area (TPSA) is 89.3 Å². The van der Waals surface area contributed by atoms with Gasteiger partial charge >= 0.3 is 0 Å². The van der Waals surface area contributed by atoms with Crippen molar-refractivity contribution in [2.75, 3.05) is 23.8 Å². The highest BCUT2D eigenvalue weighted by atomic mass is 35.5. The molecule has 2 heterocycles. The zero-order chi connectivity index (χ0) is 16.9. The van der Waals surface area contributed by atoms with Crippen molar-refractivity contribution in [1.82, 2.24) is 4.98 Å². The molecular formula is C16H21Cl2FN4O2S. The summed E-state index contributed by atoms with van der Waals surface area (Å²) in [5.41, 5.74) is 6.52. The zero-order valence-electron chi connectivity index (χ0n) is 13.9. The predicted octanol–water partition coefficient (Wildman–Crippen LogP) is 3.43. The number of hydrogen-bond acceptors (Lipinski definition) is 6. The lowest BCUT2D eigenvalue weighted by atomic mass is 10.2. The number of nitrogens with zero attached hydrogens (tertiary/aromatic N) is 1. The molecule has 0 spiro atoms. The van der Waals surface area contributed by atoms with E-state index in [1.807, 2.05) is 0 Å². The highest BCUT2D eigenvalue weighted by Crippen LogP contribution is 2.21. The molecule has 1 unspecified atom stereocenters. The van der Waals surface area contributed by atoms with Crippen LogP contribution in [0.5, 0.6) is 0 Å². The van der Waals surface area contributed by atoms with Crippen molar-refractivity contribution in [2.24, 2.45) is 5.73 Å².